The van der Waals surface area contributed by atoms with Crippen molar-refractivity contribution in [3.8, 4) is 0 Å². The lowest BCUT2D eigenvalue weighted by molar-refractivity contribution is 0.281. The molecular formula is C17H18N4O. The van der Waals surface area contributed by atoms with Gasteiger partial charge in [-0.05, 0) is 49.6 Å². The van der Waals surface area contributed by atoms with Gasteiger partial charge in [0.2, 0.25) is 0 Å². The predicted octanol–water partition coefficient (Wildman–Crippen LogP) is 4.17. The van der Waals surface area contributed by atoms with Gasteiger partial charge in [-0.1, -0.05) is 18.2 Å². The van der Waals surface area contributed by atoms with E-state index >= 15 is 0 Å². The summed E-state index contributed by atoms with van der Waals surface area (Å²) in [5, 5.41) is 18.0. The number of benzene rings is 1. The minimum atomic E-state index is -0.0132. The smallest absolute Gasteiger partial charge is 0.182 e. The summed E-state index contributed by atoms with van der Waals surface area (Å²) in [5.41, 5.74) is 5.50. The fraction of sp³-hybridized carbons (Fsp3) is 0.235. The molecule has 5 nitrogen and oxygen atoms in total. The second-order valence-electron chi connectivity index (χ2n) is 5.43. The number of aryl methyl sites for hydroxylation is 3. The van der Waals surface area contributed by atoms with Gasteiger partial charge >= 0.3 is 0 Å². The van der Waals surface area contributed by atoms with Crippen LogP contribution in [0.4, 0.5) is 11.5 Å². The largest absolute Gasteiger partial charge is 0.392 e. The van der Waals surface area contributed by atoms with Gasteiger partial charge in [0, 0.05) is 6.20 Å². The molecule has 1 aromatic carbocycles. The van der Waals surface area contributed by atoms with Crippen LogP contribution in [0.5, 0.6) is 0 Å². The van der Waals surface area contributed by atoms with Gasteiger partial charge in [0.15, 0.2) is 5.82 Å². The molecule has 3 rings (SSSR count). The van der Waals surface area contributed by atoms with Crippen LogP contribution < -0.4 is 0 Å². The monoisotopic (exact) mass is 294 g/mol. The number of pyridine rings is 1. The van der Waals surface area contributed by atoms with Crippen LogP contribution >= 0.6 is 0 Å². The number of rotatable bonds is 3. The molecule has 3 aromatic rings. The maximum absolute atomic E-state index is 9.28. The van der Waals surface area contributed by atoms with E-state index in [2.05, 4.69) is 21.3 Å². The van der Waals surface area contributed by atoms with Gasteiger partial charge in [0.05, 0.1) is 18.0 Å². The highest BCUT2D eigenvalue weighted by Gasteiger charge is 2.08. The number of hydrogen-bond donors (Lipinski definition) is 1. The van der Waals surface area contributed by atoms with Gasteiger partial charge in [0.25, 0.3) is 0 Å². The molecule has 0 atom stereocenters. The highest BCUT2D eigenvalue weighted by Crippen LogP contribution is 2.26. The first-order valence-corrected chi connectivity index (χ1v) is 7.16. The SMILES string of the molecule is Cc1ccc(C)c(N=Nc2c(C)nc3ccc(CO)cn23)c1. The molecule has 2 aromatic heterocycles. The average molecular weight is 294 g/mol. The Kier molecular flexibility index (Phi) is 3.73. The maximum Gasteiger partial charge on any atom is 0.182 e. The molecular weight excluding hydrogens is 276 g/mol. The van der Waals surface area contributed by atoms with Crippen LogP contribution in [0.25, 0.3) is 5.65 Å². The van der Waals surface area contributed by atoms with E-state index in [1.54, 1.807) is 0 Å². The third-order valence-electron chi connectivity index (χ3n) is 3.62. The molecule has 112 valence electrons. The van der Waals surface area contributed by atoms with E-state index in [0.717, 1.165) is 33.7 Å². The Labute approximate surface area is 129 Å². The molecule has 0 aliphatic carbocycles. The molecule has 0 amide bonds. The van der Waals surface area contributed by atoms with Crippen LogP contribution in [0.15, 0.2) is 46.8 Å². The minimum Gasteiger partial charge on any atom is -0.392 e. The highest BCUT2D eigenvalue weighted by atomic mass is 16.3. The molecule has 5 heteroatoms. The summed E-state index contributed by atoms with van der Waals surface area (Å²) in [6.45, 7) is 5.94. The van der Waals surface area contributed by atoms with Crippen molar-refractivity contribution in [2.75, 3.05) is 0 Å². The van der Waals surface area contributed by atoms with Gasteiger partial charge in [-0.15, -0.1) is 10.2 Å². The molecule has 0 saturated heterocycles. The lowest BCUT2D eigenvalue weighted by Crippen LogP contribution is -1.89. The summed E-state index contributed by atoms with van der Waals surface area (Å²) >= 11 is 0. The van der Waals surface area contributed by atoms with Crippen molar-refractivity contribution in [1.29, 1.82) is 0 Å². The van der Waals surface area contributed by atoms with E-state index in [4.69, 9.17) is 0 Å². The molecule has 0 aliphatic heterocycles. The Morgan fingerprint density at radius 1 is 1.09 bits per heavy atom. The van der Waals surface area contributed by atoms with Gasteiger partial charge in [0.1, 0.15) is 5.65 Å². The Hall–Kier alpha value is -2.53. The lowest BCUT2D eigenvalue weighted by atomic mass is 10.1. The van der Waals surface area contributed by atoms with Crippen LogP contribution in [0.2, 0.25) is 0 Å². The second-order valence-corrected chi connectivity index (χ2v) is 5.43. The number of azo groups is 1. The number of hydrogen-bond acceptors (Lipinski definition) is 4. The first-order valence-electron chi connectivity index (χ1n) is 7.16. The summed E-state index contributed by atoms with van der Waals surface area (Å²) in [5.74, 6) is 0.686. The number of aliphatic hydroxyl groups is 1. The first kappa shape index (κ1) is 14.4. The molecule has 0 saturated carbocycles. The van der Waals surface area contributed by atoms with Crippen molar-refractivity contribution < 1.29 is 5.11 Å². The van der Waals surface area contributed by atoms with Crippen LogP contribution in [0.3, 0.4) is 0 Å². The summed E-state index contributed by atoms with van der Waals surface area (Å²) in [7, 11) is 0. The molecule has 1 N–H and O–H groups in total. The predicted molar refractivity (Wildman–Crippen MR) is 85.9 cm³/mol. The summed E-state index contributed by atoms with van der Waals surface area (Å²) in [6, 6.07) is 9.83. The fourth-order valence-electron chi connectivity index (χ4n) is 2.34. The average Bonchev–Trinajstić information content (AvgIpc) is 2.82. The Morgan fingerprint density at radius 2 is 1.91 bits per heavy atom. The summed E-state index contributed by atoms with van der Waals surface area (Å²) in [4.78, 5) is 4.47. The zero-order valence-electron chi connectivity index (χ0n) is 12.9. The van der Waals surface area contributed by atoms with Crippen molar-refractivity contribution in [3.05, 3.63) is 58.9 Å². The number of imidazole rings is 1. The Morgan fingerprint density at radius 3 is 2.68 bits per heavy atom. The first-order chi connectivity index (χ1) is 10.6. The second kappa shape index (κ2) is 5.69. The van der Waals surface area contributed by atoms with Crippen LogP contribution in [0.1, 0.15) is 22.4 Å². The normalized spacial score (nSPS) is 11.6. The van der Waals surface area contributed by atoms with Crippen molar-refractivity contribution in [2.24, 2.45) is 10.2 Å². The topological polar surface area (TPSA) is 62.2 Å². The standard InChI is InChI=1S/C17H18N4O/c1-11-4-5-12(2)15(8-11)19-20-17-13(3)18-16-7-6-14(10-22)9-21(16)17/h4-9,22H,10H2,1-3H3. The Balaban J connectivity index is 2.08. The molecule has 0 aliphatic rings. The third kappa shape index (κ3) is 2.63. The van der Waals surface area contributed by atoms with E-state index in [1.165, 1.54) is 0 Å². The quantitative estimate of drug-likeness (QED) is 0.737. The number of aliphatic hydroxyl groups excluding tert-OH is 1. The van der Waals surface area contributed by atoms with Gasteiger partial charge in [-0.25, -0.2) is 4.98 Å². The third-order valence-corrected chi connectivity index (χ3v) is 3.62. The molecule has 0 spiro atoms. The Bertz CT molecular complexity index is 864. The van der Waals surface area contributed by atoms with E-state index in [0.29, 0.717) is 5.82 Å². The molecule has 22 heavy (non-hydrogen) atoms. The molecule has 2 heterocycles. The lowest BCUT2D eigenvalue weighted by Gasteiger charge is -2.02. The van der Waals surface area contributed by atoms with Gasteiger partial charge in [-0.3, -0.25) is 4.40 Å². The number of nitrogens with zero attached hydrogens (tertiary/aromatic N) is 4. The van der Waals surface area contributed by atoms with Crippen molar-refractivity contribution in [1.82, 2.24) is 9.38 Å². The number of fused-ring (bicyclic) bond motifs is 1. The van der Waals surface area contributed by atoms with Gasteiger partial charge in [-0.2, -0.15) is 0 Å². The van der Waals surface area contributed by atoms with E-state index in [9.17, 15) is 5.11 Å². The zero-order chi connectivity index (χ0) is 15.7. The minimum absolute atomic E-state index is 0.0132. The fourth-order valence-corrected chi connectivity index (χ4v) is 2.34. The summed E-state index contributed by atoms with van der Waals surface area (Å²) < 4.78 is 1.86. The maximum atomic E-state index is 9.28. The van der Waals surface area contributed by atoms with Gasteiger partial charge < -0.3 is 5.11 Å². The van der Waals surface area contributed by atoms with Crippen LogP contribution in [0, 0.1) is 20.8 Å². The highest BCUT2D eigenvalue weighted by molar-refractivity contribution is 5.53. The van der Waals surface area contributed by atoms with Crippen LogP contribution in [-0.4, -0.2) is 14.5 Å². The molecule has 0 fully saturated rings. The van der Waals surface area contributed by atoms with Crippen molar-refractivity contribution in [3.63, 3.8) is 0 Å². The molecule has 0 radical (unpaired) electrons. The zero-order valence-corrected chi connectivity index (χ0v) is 12.9. The molecule has 0 bridgehead atoms. The number of aromatic nitrogens is 2. The van der Waals surface area contributed by atoms with E-state index < -0.39 is 0 Å². The van der Waals surface area contributed by atoms with Crippen molar-refractivity contribution >= 4 is 17.2 Å². The van der Waals surface area contributed by atoms with Crippen molar-refractivity contribution in [2.45, 2.75) is 27.4 Å². The van der Waals surface area contributed by atoms with Crippen LogP contribution in [-0.2, 0) is 6.61 Å². The summed E-state index contributed by atoms with van der Waals surface area (Å²) in [6.07, 6.45) is 1.84. The van der Waals surface area contributed by atoms with E-state index in [1.807, 2.05) is 55.6 Å². The van der Waals surface area contributed by atoms with E-state index in [-0.39, 0.29) is 6.61 Å². The molecule has 0 unspecified atom stereocenters.